The van der Waals surface area contributed by atoms with Crippen molar-refractivity contribution < 1.29 is 24.2 Å². The van der Waals surface area contributed by atoms with Crippen LogP contribution in [-0.2, 0) is 17.8 Å². The molecule has 0 saturated heterocycles. The average Bonchev–Trinajstić information content (AvgIpc) is 2.92. The number of hydrogen-bond acceptors (Lipinski definition) is 4. The van der Waals surface area contributed by atoms with Gasteiger partial charge in [0.15, 0.2) is 0 Å². The Morgan fingerprint density at radius 2 is 1.42 bits per heavy atom. The lowest BCUT2D eigenvalue weighted by Gasteiger charge is -2.15. The first-order chi connectivity index (χ1) is 17.5. The number of carboxylic acids is 1. The molecule has 1 atom stereocenters. The lowest BCUT2D eigenvalue weighted by Crippen LogP contribution is -2.42. The van der Waals surface area contributed by atoms with Gasteiger partial charge in [-0.3, -0.25) is 4.79 Å². The molecule has 0 aliphatic heterocycles. The third-order valence-electron chi connectivity index (χ3n) is 5.81. The van der Waals surface area contributed by atoms with Crippen LogP contribution in [0.15, 0.2) is 103 Å². The van der Waals surface area contributed by atoms with Gasteiger partial charge in [0.2, 0.25) is 0 Å². The number of hydrogen-bond donors (Lipinski definition) is 2. The Labute approximate surface area is 210 Å². The van der Waals surface area contributed by atoms with Crippen LogP contribution in [0, 0.1) is 0 Å². The molecule has 1 amide bonds. The standard InChI is InChI=1S/C30H27NO5/c1-35-28-10-6-5-9-25(28)20-36-26-17-15-23(16-18-26)22-11-13-24(14-12-22)29(32)31-27(30(33)34)19-21-7-3-2-4-8-21/h2-18,27H,19-20H2,1H3,(H,31,32)(H,33,34). The summed E-state index contributed by atoms with van der Waals surface area (Å²) in [7, 11) is 1.64. The molecule has 0 saturated carbocycles. The van der Waals surface area contributed by atoms with Crippen molar-refractivity contribution in [2.45, 2.75) is 19.1 Å². The van der Waals surface area contributed by atoms with E-state index in [1.807, 2.05) is 91.0 Å². The highest BCUT2D eigenvalue weighted by molar-refractivity contribution is 5.97. The fraction of sp³-hybridized carbons (Fsp3) is 0.133. The average molecular weight is 482 g/mol. The van der Waals surface area contributed by atoms with Gasteiger partial charge in [0.05, 0.1) is 7.11 Å². The van der Waals surface area contributed by atoms with Gasteiger partial charge >= 0.3 is 5.97 Å². The second-order valence-corrected chi connectivity index (χ2v) is 8.26. The Hall–Kier alpha value is -4.58. The highest BCUT2D eigenvalue weighted by Crippen LogP contribution is 2.25. The van der Waals surface area contributed by atoms with Gasteiger partial charge in [0.1, 0.15) is 24.1 Å². The second kappa shape index (κ2) is 11.7. The molecule has 0 spiro atoms. The number of ether oxygens (including phenoxy) is 2. The van der Waals surface area contributed by atoms with Gasteiger partial charge in [-0.25, -0.2) is 4.79 Å². The number of carboxylic acid groups (broad SMARTS) is 1. The zero-order chi connectivity index (χ0) is 25.3. The predicted molar refractivity (Wildman–Crippen MR) is 138 cm³/mol. The number of carbonyl (C=O) groups is 2. The van der Waals surface area contributed by atoms with E-state index in [0.29, 0.717) is 12.2 Å². The molecule has 4 aromatic carbocycles. The molecule has 0 heterocycles. The molecule has 36 heavy (non-hydrogen) atoms. The minimum absolute atomic E-state index is 0.214. The van der Waals surface area contributed by atoms with E-state index in [2.05, 4.69) is 5.32 Å². The monoisotopic (exact) mass is 481 g/mol. The van der Waals surface area contributed by atoms with E-state index in [1.165, 1.54) is 0 Å². The van der Waals surface area contributed by atoms with Gasteiger partial charge < -0.3 is 19.9 Å². The number of amides is 1. The van der Waals surface area contributed by atoms with Gasteiger partial charge in [-0.1, -0.05) is 72.8 Å². The molecule has 0 aliphatic rings. The lowest BCUT2D eigenvalue weighted by molar-refractivity contribution is -0.139. The maximum absolute atomic E-state index is 12.7. The van der Waals surface area contributed by atoms with Crippen LogP contribution in [0.2, 0.25) is 0 Å². The maximum atomic E-state index is 12.7. The molecule has 6 nitrogen and oxygen atoms in total. The Morgan fingerprint density at radius 1 is 0.806 bits per heavy atom. The Morgan fingerprint density at radius 3 is 2.06 bits per heavy atom. The molecular weight excluding hydrogens is 454 g/mol. The van der Waals surface area contributed by atoms with E-state index < -0.39 is 17.9 Å². The first-order valence-corrected chi connectivity index (χ1v) is 11.6. The Bertz CT molecular complexity index is 1300. The summed E-state index contributed by atoms with van der Waals surface area (Å²) in [6.45, 7) is 0.398. The molecule has 1 unspecified atom stereocenters. The van der Waals surface area contributed by atoms with E-state index in [0.717, 1.165) is 33.8 Å². The van der Waals surface area contributed by atoms with Crippen LogP contribution >= 0.6 is 0 Å². The minimum Gasteiger partial charge on any atom is -0.496 e. The van der Waals surface area contributed by atoms with Crippen molar-refractivity contribution in [1.29, 1.82) is 0 Å². The predicted octanol–water partition coefficient (Wildman–Crippen LogP) is 5.37. The van der Waals surface area contributed by atoms with Crippen molar-refractivity contribution in [1.82, 2.24) is 5.32 Å². The molecule has 0 radical (unpaired) electrons. The van der Waals surface area contributed by atoms with Crippen LogP contribution in [0.4, 0.5) is 0 Å². The van der Waals surface area contributed by atoms with Crippen molar-refractivity contribution in [3.63, 3.8) is 0 Å². The quantitative estimate of drug-likeness (QED) is 0.318. The molecule has 182 valence electrons. The van der Waals surface area contributed by atoms with Crippen LogP contribution in [0.25, 0.3) is 11.1 Å². The van der Waals surface area contributed by atoms with E-state index in [9.17, 15) is 14.7 Å². The maximum Gasteiger partial charge on any atom is 0.326 e. The van der Waals surface area contributed by atoms with Crippen molar-refractivity contribution in [3.05, 3.63) is 120 Å². The van der Waals surface area contributed by atoms with Crippen molar-refractivity contribution in [2.75, 3.05) is 7.11 Å². The fourth-order valence-electron chi connectivity index (χ4n) is 3.83. The number of benzene rings is 4. The van der Waals surface area contributed by atoms with E-state index in [-0.39, 0.29) is 6.42 Å². The molecule has 6 heteroatoms. The summed E-state index contributed by atoms with van der Waals surface area (Å²) in [6.07, 6.45) is 0.214. The first kappa shape index (κ1) is 24.5. The number of nitrogens with one attached hydrogen (secondary N) is 1. The van der Waals surface area contributed by atoms with Crippen LogP contribution < -0.4 is 14.8 Å². The summed E-state index contributed by atoms with van der Waals surface area (Å²) in [6, 6.07) is 30.7. The Balaban J connectivity index is 1.37. The lowest BCUT2D eigenvalue weighted by atomic mass is 10.0. The van der Waals surface area contributed by atoms with Gasteiger partial charge in [-0.2, -0.15) is 0 Å². The van der Waals surface area contributed by atoms with Gasteiger partial charge in [-0.15, -0.1) is 0 Å². The van der Waals surface area contributed by atoms with E-state index >= 15 is 0 Å². The number of rotatable bonds is 10. The van der Waals surface area contributed by atoms with Crippen molar-refractivity contribution in [2.24, 2.45) is 0 Å². The van der Waals surface area contributed by atoms with Gasteiger partial charge in [0, 0.05) is 17.5 Å². The van der Waals surface area contributed by atoms with Gasteiger partial charge in [-0.05, 0) is 47.0 Å². The summed E-state index contributed by atoms with van der Waals surface area (Å²) < 4.78 is 11.3. The molecule has 2 N–H and O–H groups in total. The van der Waals surface area contributed by atoms with Crippen molar-refractivity contribution in [3.8, 4) is 22.6 Å². The zero-order valence-corrected chi connectivity index (χ0v) is 19.9. The third-order valence-corrected chi connectivity index (χ3v) is 5.81. The smallest absolute Gasteiger partial charge is 0.326 e. The summed E-state index contributed by atoms with van der Waals surface area (Å²) in [4.78, 5) is 24.3. The van der Waals surface area contributed by atoms with Crippen LogP contribution in [0.5, 0.6) is 11.5 Å². The normalized spacial score (nSPS) is 11.4. The number of aliphatic carboxylic acids is 1. The third kappa shape index (κ3) is 6.30. The highest BCUT2D eigenvalue weighted by atomic mass is 16.5. The van der Waals surface area contributed by atoms with Gasteiger partial charge in [0.25, 0.3) is 5.91 Å². The number of carbonyl (C=O) groups excluding carboxylic acids is 1. The molecule has 0 aromatic heterocycles. The first-order valence-electron chi connectivity index (χ1n) is 11.6. The fourth-order valence-corrected chi connectivity index (χ4v) is 3.83. The molecule has 4 rings (SSSR count). The topological polar surface area (TPSA) is 84.9 Å². The minimum atomic E-state index is -1.07. The van der Waals surface area contributed by atoms with E-state index in [1.54, 1.807) is 19.2 Å². The summed E-state index contributed by atoms with van der Waals surface area (Å²) in [5, 5.41) is 12.2. The number of para-hydroxylation sites is 1. The number of methoxy groups -OCH3 is 1. The Kier molecular flexibility index (Phi) is 7.98. The van der Waals surface area contributed by atoms with E-state index in [4.69, 9.17) is 9.47 Å². The van der Waals surface area contributed by atoms with Crippen LogP contribution in [-0.4, -0.2) is 30.1 Å². The molecule has 0 aliphatic carbocycles. The highest BCUT2D eigenvalue weighted by Gasteiger charge is 2.21. The summed E-state index contributed by atoms with van der Waals surface area (Å²) >= 11 is 0. The van der Waals surface area contributed by atoms with Crippen LogP contribution in [0.3, 0.4) is 0 Å². The second-order valence-electron chi connectivity index (χ2n) is 8.26. The zero-order valence-electron chi connectivity index (χ0n) is 19.9. The molecule has 0 bridgehead atoms. The van der Waals surface area contributed by atoms with Crippen LogP contribution in [0.1, 0.15) is 21.5 Å². The van der Waals surface area contributed by atoms with Crippen molar-refractivity contribution >= 4 is 11.9 Å². The summed E-state index contributed by atoms with van der Waals surface area (Å²) in [5.41, 5.74) is 4.11. The largest absolute Gasteiger partial charge is 0.496 e. The molecule has 0 fully saturated rings. The summed E-state index contributed by atoms with van der Waals surface area (Å²) in [5.74, 6) is 0.0218. The SMILES string of the molecule is COc1ccccc1COc1ccc(-c2ccc(C(=O)NC(Cc3ccccc3)C(=O)O)cc2)cc1. The molecule has 4 aromatic rings. The molecular formula is C30H27NO5.